The summed E-state index contributed by atoms with van der Waals surface area (Å²) in [4.78, 5) is 10.3. The van der Waals surface area contributed by atoms with E-state index < -0.39 is 24.5 Å². The third-order valence-corrected chi connectivity index (χ3v) is 1.78. The number of rotatable bonds is 2. The summed E-state index contributed by atoms with van der Waals surface area (Å²) in [7, 11) is 1.59. The van der Waals surface area contributed by atoms with Crippen LogP contribution in [-0.2, 0) is 9.53 Å². The Morgan fingerprint density at radius 1 is 1.55 bits per heavy atom. The van der Waals surface area contributed by atoms with Gasteiger partial charge in [-0.1, -0.05) is 0 Å². The normalized spacial score (nSPS) is 44.3. The highest BCUT2D eigenvalue weighted by atomic mass is 16.6. The van der Waals surface area contributed by atoms with Gasteiger partial charge in [-0.2, -0.15) is 0 Å². The van der Waals surface area contributed by atoms with E-state index >= 15 is 0 Å². The quantitative estimate of drug-likeness (QED) is 0.402. The largest absolute Gasteiger partial charge is 0.386 e. The molecule has 0 radical (unpaired) electrons. The summed E-state index contributed by atoms with van der Waals surface area (Å²) in [5.41, 5.74) is 0. The summed E-state index contributed by atoms with van der Waals surface area (Å²) in [6, 6.07) is -0.512. The molecule has 11 heavy (non-hydrogen) atoms. The second kappa shape index (κ2) is 3.27. The monoisotopic (exact) mass is 161 g/mol. The Morgan fingerprint density at radius 3 is 2.55 bits per heavy atom. The second-order valence-corrected chi connectivity index (χ2v) is 2.43. The Bertz CT molecular complexity index is 152. The molecule has 4 atom stereocenters. The summed E-state index contributed by atoms with van der Waals surface area (Å²) in [6.45, 7) is 0. The Labute approximate surface area is 64.0 Å². The van der Waals surface area contributed by atoms with Gasteiger partial charge < -0.3 is 25.1 Å². The lowest BCUT2D eigenvalue weighted by Gasteiger charge is -2.13. The molecule has 4 unspecified atom stereocenters. The number of hydrogen-bond donors (Lipinski definition) is 3. The number of hydrogen-bond acceptors (Lipinski definition) is 5. The van der Waals surface area contributed by atoms with Crippen LogP contribution < -0.4 is 5.32 Å². The Kier molecular flexibility index (Phi) is 2.56. The fourth-order valence-electron chi connectivity index (χ4n) is 1.15. The predicted molar refractivity (Wildman–Crippen MR) is 35.8 cm³/mol. The van der Waals surface area contributed by atoms with E-state index in [2.05, 4.69) is 5.32 Å². The summed E-state index contributed by atoms with van der Waals surface area (Å²) < 4.78 is 4.70. The van der Waals surface area contributed by atoms with Gasteiger partial charge in [0, 0.05) is 0 Å². The van der Waals surface area contributed by atoms with Gasteiger partial charge in [-0.05, 0) is 7.05 Å². The van der Waals surface area contributed by atoms with Crippen molar-refractivity contribution in [3.8, 4) is 0 Å². The van der Waals surface area contributed by atoms with Crippen LogP contribution in [-0.4, -0.2) is 48.1 Å². The van der Waals surface area contributed by atoms with E-state index in [1.165, 1.54) is 0 Å². The van der Waals surface area contributed by atoms with Crippen LogP contribution in [0, 0.1) is 0 Å². The average Bonchev–Trinajstić information content (AvgIpc) is 2.28. The van der Waals surface area contributed by atoms with E-state index in [-0.39, 0.29) is 0 Å². The van der Waals surface area contributed by atoms with Crippen molar-refractivity contribution in [2.75, 3.05) is 7.05 Å². The zero-order valence-corrected chi connectivity index (χ0v) is 6.10. The molecule has 0 aliphatic carbocycles. The molecule has 1 fully saturated rings. The summed E-state index contributed by atoms with van der Waals surface area (Å²) in [5, 5.41) is 20.8. The van der Waals surface area contributed by atoms with Gasteiger partial charge in [0.05, 0.1) is 6.04 Å². The van der Waals surface area contributed by atoms with Crippen molar-refractivity contribution >= 4 is 6.29 Å². The molecule has 0 amide bonds. The first-order chi connectivity index (χ1) is 5.20. The maximum atomic E-state index is 10.3. The zero-order chi connectivity index (χ0) is 8.43. The number of aliphatic hydroxyl groups excluding tert-OH is 2. The second-order valence-electron chi connectivity index (χ2n) is 2.43. The first kappa shape index (κ1) is 8.61. The molecule has 0 bridgehead atoms. The minimum Gasteiger partial charge on any atom is -0.386 e. The molecule has 3 N–H and O–H groups in total. The molecule has 1 aliphatic rings. The van der Waals surface area contributed by atoms with Crippen LogP contribution in [0.5, 0.6) is 0 Å². The molecule has 1 aliphatic heterocycles. The molecule has 0 saturated carbocycles. The van der Waals surface area contributed by atoms with Crippen molar-refractivity contribution in [1.82, 2.24) is 5.32 Å². The lowest BCUT2D eigenvalue weighted by atomic mass is 10.1. The lowest BCUT2D eigenvalue weighted by Crippen LogP contribution is -2.43. The summed E-state index contributed by atoms with van der Waals surface area (Å²) >= 11 is 0. The van der Waals surface area contributed by atoms with Crippen molar-refractivity contribution in [3.63, 3.8) is 0 Å². The summed E-state index contributed by atoms with van der Waals surface area (Å²) in [5.74, 6) is 0. The van der Waals surface area contributed by atoms with Gasteiger partial charge in [0.15, 0.2) is 12.6 Å². The lowest BCUT2D eigenvalue weighted by molar-refractivity contribution is -0.140. The van der Waals surface area contributed by atoms with Crippen LogP contribution in [0.3, 0.4) is 0 Å². The zero-order valence-electron chi connectivity index (χ0n) is 6.10. The van der Waals surface area contributed by atoms with Gasteiger partial charge in [-0.25, -0.2) is 0 Å². The topological polar surface area (TPSA) is 78.8 Å². The highest BCUT2D eigenvalue weighted by Crippen LogP contribution is 2.17. The van der Waals surface area contributed by atoms with Crippen LogP contribution in [0.2, 0.25) is 0 Å². The van der Waals surface area contributed by atoms with Crippen LogP contribution in [0.25, 0.3) is 0 Å². The minimum absolute atomic E-state index is 0.512. The average molecular weight is 161 g/mol. The minimum atomic E-state index is -1.26. The SMILES string of the molecule is CNC1C(C=O)OC(O)C1O. The highest BCUT2D eigenvalue weighted by Gasteiger charge is 2.41. The van der Waals surface area contributed by atoms with Crippen LogP contribution in [0.1, 0.15) is 0 Å². The molecule has 0 spiro atoms. The standard InChI is InChI=1S/C6H11NO4/c1-7-4-3(2-8)11-6(10)5(4)9/h2-7,9-10H,1H3. The molecule has 0 aromatic heterocycles. The Morgan fingerprint density at radius 2 is 2.18 bits per heavy atom. The van der Waals surface area contributed by atoms with Gasteiger partial charge in [0.1, 0.15) is 12.2 Å². The number of likely N-dealkylation sites (N-methyl/N-ethyl adjacent to an activating group) is 1. The third kappa shape index (κ3) is 1.41. The van der Waals surface area contributed by atoms with Gasteiger partial charge in [0.25, 0.3) is 0 Å². The first-order valence-corrected chi connectivity index (χ1v) is 3.35. The third-order valence-electron chi connectivity index (χ3n) is 1.78. The van der Waals surface area contributed by atoms with E-state index in [9.17, 15) is 4.79 Å². The van der Waals surface area contributed by atoms with Gasteiger partial charge in [-0.15, -0.1) is 0 Å². The van der Waals surface area contributed by atoms with Gasteiger partial charge in [-0.3, -0.25) is 0 Å². The van der Waals surface area contributed by atoms with Gasteiger partial charge in [0.2, 0.25) is 0 Å². The van der Waals surface area contributed by atoms with Crippen molar-refractivity contribution in [2.24, 2.45) is 0 Å². The molecule has 5 heteroatoms. The Hall–Kier alpha value is -0.490. The molecule has 64 valence electrons. The van der Waals surface area contributed by atoms with Crippen molar-refractivity contribution in [3.05, 3.63) is 0 Å². The molecular formula is C6H11NO4. The fraction of sp³-hybridized carbons (Fsp3) is 0.833. The van der Waals surface area contributed by atoms with E-state index in [1.54, 1.807) is 7.05 Å². The van der Waals surface area contributed by atoms with Crippen LogP contribution in [0.15, 0.2) is 0 Å². The number of carbonyl (C=O) groups is 1. The van der Waals surface area contributed by atoms with E-state index in [4.69, 9.17) is 14.9 Å². The number of carbonyl (C=O) groups excluding carboxylic acids is 1. The Balaban J connectivity index is 2.64. The number of ether oxygens (including phenoxy) is 1. The number of aliphatic hydroxyl groups is 2. The number of aldehydes is 1. The fourth-order valence-corrected chi connectivity index (χ4v) is 1.15. The van der Waals surface area contributed by atoms with Crippen LogP contribution in [0.4, 0.5) is 0 Å². The smallest absolute Gasteiger partial charge is 0.183 e. The molecule has 1 rings (SSSR count). The highest BCUT2D eigenvalue weighted by molar-refractivity contribution is 5.58. The molecule has 1 saturated heterocycles. The summed E-state index contributed by atoms with van der Waals surface area (Å²) in [6.07, 6.45) is -2.50. The number of nitrogens with one attached hydrogen (secondary N) is 1. The van der Waals surface area contributed by atoms with E-state index in [0.29, 0.717) is 6.29 Å². The van der Waals surface area contributed by atoms with Crippen LogP contribution >= 0.6 is 0 Å². The van der Waals surface area contributed by atoms with E-state index in [0.717, 1.165) is 0 Å². The van der Waals surface area contributed by atoms with E-state index in [1.807, 2.05) is 0 Å². The molecule has 0 aromatic carbocycles. The molecule has 5 nitrogen and oxygen atoms in total. The van der Waals surface area contributed by atoms with Crippen molar-refractivity contribution in [2.45, 2.75) is 24.5 Å². The molecular weight excluding hydrogens is 150 g/mol. The maximum Gasteiger partial charge on any atom is 0.183 e. The molecule has 1 heterocycles. The first-order valence-electron chi connectivity index (χ1n) is 3.35. The van der Waals surface area contributed by atoms with Crippen molar-refractivity contribution < 1.29 is 19.7 Å². The molecule has 0 aromatic rings. The maximum absolute atomic E-state index is 10.3. The van der Waals surface area contributed by atoms with Crippen molar-refractivity contribution in [1.29, 1.82) is 0 Å². The predicted octanol–water partition coefficient (Wildman–Crippen LogP) is -2.15. The van der Waals surface area contributed by atoms with Gasteiger partial charge >= 0.3 is 0 Å².